The molecule has 0 bridgehead atoms. The molecule has 0 saturated heterocycles. The number of carbonyl (C=O) groups excluding carboxylic acids is 2. The fraction of sp³-hybridized carbons (Fsp3) is 0.0667. The number of H-pyrrole nitrogens is 1. The first-order valence-electron chi connectivity index (χ1n) is 6.18. The molecule has 1 aliphatic heterocycles. The quantitative estimate of drug-likeness (QED) is 0.613. The van der Waals surface area contributed by atoms with Gasteiger partial charge in [-0.2, -0.15) is 0 Å². The molecule has 20 heavy (non-hydrogen) atoms. The van der Waals surface area contributed by atoms with E-state index in [4.69, 9.17) is 0 Å². The summed E-state index contributed by atoms with van der Waals surface area (Å²) >= 11 is 0. The van der Waals surface area contributed by atoms with Crippen LogP contribution in [0.1, 0.15) is 20.7 Å². The minimum absolute atomic E-state index is 0.0924. The smallest absolute Gasteiger partial charge is 0.265 e. The van der Waals surface area contributed by atoms with E-state index < -0.39 is 5.91 Å². The predicted molar refractivity (Wildman–Crippen MR) is 73.9 cm³/mol. The number of carbonyl (C=O) groups is 2. The summed E-state index contributed by atoms with van der Waals surface area (Å²) in [5.74, 6) is -1.01. The van der Waals surface area contributed by atoms with Gasteiger partial charge in [-0.3, -0.25) is 14.5 Å². The first-order chi connectivity index (χ1) is 9.59. The molecule has 1 aromatic heterocycles. The number of para-hydroxylation sites is 1. The van der Waals surface area contributed by atoms with Crippen LogP contribution in [0, 0.1) is 0 Å². The van der Waals surface area contributed by atoms with Gasteiger partial charge in [-0.05, 0) is 6.07 Å². The van der Waals surface area contributed by atoms with E-state index in [1.807, 2.05) is 24.3 Å². The van der Waals surface area contributed by atoms with E-state index in [9.17, 15) is 14.7 Å². The van der Waals surface area contributed by atoms with Gasteiger partial charge in [0, 0.05) is 29.4 Å². The number of nitrogens with one attached hydrogen (secondary N) is 1. The normalized spacial score (nSPS) is 14.6. The maximum Gasteiger partial charge on any atom is 0.265 e. The maximum absolute atomic E-state index is 12.3. The number of hydrogen-bond acceptors (Lipinski definition) is 3. The summed E-state index contributed by atoms with van der Waals surface area (Å²) in [6.07, 6.45) is 0. The summed E-state index contributed by atoms with van der Waals surface area (Å²) in [5.41, 5.74) is 1.89. The fourth-order valence-corrected chi connectivity index (χ4v) is 2.86. The zero-order valence-electron chi connectivity index (χ0n) is 10.6. The van der Waals surface area contributed by atoms with Gasteiger partial charge in [0.1, 0.15) is 5.75 Å². The van der Waals surface area contributed by atoms with Crippen LogP contribution in [0.3, 0.4) is 0 Å². The average Bonchev–Trinajstić information content (AvgIpc) is 2.90. The lowest BCUT2D eigenvalue weighted by atomic mass is 10.0. The van der Waals surface area contributed by atoms with Crippen molar-refractivity contribution >= 4 is 33.6 Å². The molecule has 2 aromatic carbocycles. The van der Waals surface area contributed by atoms with Gasteiger partial charge in [0.05, 0.1) is 16.6 Å². The van der Waals surface area contributed by atoms with Crippen LogP contribution in [0.2, 0.25) is 0 Å². The van der Waals surface area contributed by atoms with Crippen molar-refractivity contribution in [2.45, 2.75) is 0 Å². The lowest BCUT2D eigenvalue weighted by molar-refractivity contribution is 0.0693. The molecule has 0 atom stereocenters. The molecule has 0 fully saturated rings. The lowest BCUT2D eigenvalue weighted by Gasteiger charge is -2.03. The fourth-order valence-electron chi connectivity index (χ4n) is 2.86. The monoisotopic (exact) mass is 266 g/mol. The Morgan fingerprint density at radius 1 is 1.05 bits per heavy atom. The molecule has 2 N–H and O–H groups in total. The molecular formula is C15H10N2O3. The number of fused-ring (bicyclic) bond motifs is 5. The number of nitrogens with zero attached hydrogens (tertiary/aromatic N) is 1. The zero-order chi connectivity index (χ0) is 14.0. The topological polar surface area (TPSA) is 73.4 Å². The van der Waals surface area contributed by atoms with E-state index in [2.05, 4.69) is 4.98 Å². The molecule has 5 heteroatoms. The highest BCUT2D eigenvalue weighted by Gasteiger charge is 2.38. The summed E-state index contributed by atoms with van der Waals surface area (Å²) in [6, 6.07) is 9.04. The van der Waals surface area contributed by atoms with E-state index in [0.717, 1.165) is 15.8 Å². The van der Waals surface area contributed by atoms with Crippen LogP contribution in [-0.4, -0.2) is 33.9 Å². The van der Waals surface area contributed by atoms with Crippen LogP contribution >= 0.6 is 0 Å². The molecule has 98 valence electrons. The number of amides is 2. The van der Waals surface area contributed by atoms with Crippen molar-refractivity contribution < 1.29 is 14.7 Å². The number of hydrogen-bond donors (Lipinski definition) is 2. The lowest BCUT2D eigenvalue weighted by Crippen LogP contribution is -2.24. The van der Waals surface area contributed by atoms with E-state index in [1.165, 1.54) is 13.1 Å². The molecule has 1 aliphatic rings. The standard InChI is InChI=1S/C15H10N2O3/c1-17-14(19)12-10(18)6-9-11(13(12)15(17)20)7-4-2-3-5-8(7)16-9/h2-6,16,18H,1H3. The van der Waals surface area contributed by atoms with Gasteiger partial charge in [-0.1, -0.05) is 18.2 Å². The molecule has 2 amide bonds. The van der Waals surface area contributed by atoms with E-state index >= 15 is 0 Å². The maximum atomic E-state index is 12.3. The van der Waals surface area contributed by atoms with Crippen molar-refractivity contribution in [3.05, 3.63) is 41.5 Å². The van der Waals surface area contributed by atoms with Crippen molar-refractivity contribution in [2.24, 2.45) is 0 Å². The summed E-state index contributed by atoms with van der Waals surface area (Å²) in [4.78, 5) is 28.5. The second kappa shape index (κ2) is 3.39. The SMILES string of the molecule is CN1C(=O)c2c(O)cc3[nH]c4ccccc4c3c2C1=O. The van der Waals surface area contributed by atoms with Crippen LogP contribution in [0.5, 0.6) is 5.75 Å². The van der Waals surface area contributed by atoms with E-state index in [1.54, 1.807) is 0 Å². The Kier molecular flexibility index (Phi) is 1.87. The van der Waals surface area contributed by atoms with Crippen molar-refractivity contribution in [2.75, 3.05) is 7.05 Å². The highest BCUT2D eigenvalue weighted by atomic mass is 16.3. The molecule has 3 aromatic rings. The van der Waals surface area contributed by atoms with Crippen LogP contribution in [0.15, 0.2) is 30.3 Å². The van der Waals surface area contributed by atoms with Gasteiger partial charge in [0.2, 0.25) is 0 Å². The van der Waals surface area contributed by atoms with Crippen LogP contribution in [0.25, 0.3) is 21.8 Å². The second-order valence-electron chi connectivity index (χ2n) is 4.91. The largest absolute Gasteiger partial charge is 0.507 e. The minimum atomic E-state index is -0.463. The summed E-state index contributed by atoms with van der Waals surface area (Å²) in [7, 11) is 1.42. The molecule has 4 rings (SSSR count). The zero-order valence-corrected chi connectivity index (χ0v) is 10.6. The Balaban J connectivity index is 2.29. The molecule has 5 nitrogen and oxygen atoms in total. The van der Waals surface area contributed by atoms with Crippen LogP contribution < -0.4 is 0 Å². The number of phenolic OH excluding ortho intramolecular Hbond substituents is 1. The highest BCUT2D eigenvalue weighted by Crippen LogP contribution is 2.39. The van der Waals surface area contributed by atoms with Crippen molar-refractivity contribution in [3.63, 3.8) is 0 Å². The minimum Gasteiger partial charge on any atom is -0.507 e. The predicted octanol–water partition coefficient (Wildman–Crippen LogP) is 2.25. The number of aromatic hydroxyl groups is 1. The third-order valence-electron chi connectivity index (χ3n) is 3.81. The summed E-state index contributed by atoms with van der Waals surface area (Å²) in [5, 5.41) is 11.6. The van der Waals surface area contributed by atoms with Crippen LogP contribution in [-0.2, 0) is 0 Å². The molecule has 0 aliphatic carbocycles. The van der Waals surface area contributed by atoms with Crippen molar-refractivity contribution in [1.29, 1.82) is 0 Å². The third kappa shape index (κ3) is 1.12. The molecular weight excluding hydrogens is 256 g/mol. The van der Waals surface area contributed by atoms with Gasteiger partial charge in [-0.25, -0.2) is 0 Å². The van der Waals surface area contributed by atoms with Crippen LogP contribution in [0.4, 0.5) is 0 Å². The van der Waals surface area contributed by atoms with Gasteiger partial charge >= 0.3 is 0 Å². The Morgan fingerprint density at radius 2 is 1.75 bits per heavy atom. The Hall–Kier alpha value is -2.82. The number of aromatic amines is 1. The summed E-state index contributed by atoms with van der Waals surface area (Å²) < 4.78 is 0. The van der Waals surface area contributed by atoms with Gasteiger partial charge in [-0.15, -0.1) is 0 Å². The van der Waals surface area contributed by atoms with E-state index in [-0.39, 0.29) is 22.8 Å². The summed E-state index contributed by atoms with van der Waals surface area (Å²) in [6.45, 7) is 0. The molecule has 0 spiro atoms. The first-order valence-corrected chi connectivity index (χ1v) is 6.18. The Labute approximate surface area is 113 Å². The van der Waals surface area contributed by atoms with Crippen molar-refractivity contribution in [3.8, 4) is 5.75 Å². The Bertz CT molecular complexity index is 924. The number of imide groups is 1. The average molecular weight is 266 g/mol. The second-order valence-corrected chi connectivity index (χ2v) is 4.91. The Morgan fingerprint density at radius 3 is 2.55 bits per heavy atom. The molecule has 0 radical (unpaired) electrons. The van der Waals surface area contributed by atoms with E-state index in [0.29, 0.717) is 10.9 Å². The van der Waals surface area contributed by atoms with Gasteiger partial charge in [0.25, 0.3) is 11.8 Å². The van der Waals surface area contributed by atoms with Gasteiger partial charge < -0.3 is 10.1 Å². The first kappa shape index (κ1) is 11.0. The molecule has 2 heterocycles. The number of aromatic nitrogens is 1. The number of benzene rings is 2. The number of rotatable bonds is 0. The molecule has 0 unspecified atom stereocenters. The third-order valence-corrected chi connectivity index (χ3v) is 3.81. The molecule has 0 saturated carbocycles. The van der Waals surface area contributed by atoms with Crippen molar-refractivity contribution in [1.82, 2.24) is 9.88 Å². The highest BCUT2D eigenvalue weighted by molar-refractivity contribution is 6.30. The van der Waals surface area contributed by atoms with Gasteiger partial charge in [0.15, 0.2) is 0 Å². The number of phenols is 1.